The molecule has 0 radical (unpaired) electrons. The van der Waals surface area contributed by atoms with Gasteiger partial charge < -0.3 is 4.74 Å². The van der Waals surface area contributed by atoms with Crippen LogP contribution in [0.2, 0.25) is 5.02 Å². The fraction of sp³-hybridized carbons (Fsp3) is 0.0909. The van der Waals surface area contributed by atoms with Crippen molar-refractivity contribution >= 4 is 54.8 Å². The van der Waals surface area contributed by atoms with Gasteiger partial charge in [-0.05, 0) is 42.0 Å². The molecule has 32 heavy (non-hydrogen) atoms. The Kier molecular flexibility index (Phi) is 6.05. The molecule has 1 heterocycles. The van der Waals surface area contributed by atoms with Crippen molar-refractivity contribution < 1.29 is 17.9 Å². The van der Waals surface area contributed by atoms with Crippen LogP contribution >= 0.6 is 22.9 Å². The van der Waals surface area contributed by atoms with Gasteiger partial charge in [-0.2, -0.15) is 0 Å². The first-order valence-corrected chi connectivity index (χ1v) is 12.0. The Labute approximate surface area is 192 Å². The van der Waals surface area contributed by atoms with Crippen LogP contribution in [0.25, 0.3) is 10.2 Å². The third kappa shape index (κ3) is 4.27. The van der Waals surface area contributed by atoms with Gasteiger partial charge in [-0.1, -0.05) is 53.3 Å². The van der Waals surface area contributed by atoms with E-state index in [4.69, 9.17) is 16.3 Å². The molecule has 0 saturated heterocycles. The molecule has 0 amide bonds. The number of nitrogens with zero attached hydrogens (tertiary/aromatic N) is 1. The fourth-order valence-corrected chi connectivity index (χ4v) is 5.53. The number of carbonyl (C=O) groups is 1. The number of thiazole rings is 1. The highest BCUT2D eigenvalue weighted by Crippen LogP contribution is 2.26. The number of halogens is 1. The summed E-state index contributed by atoms with van der Waals surface area (Å²) in [7, 11) is -2.80. The number of esters is 1. The SMILES string of the molecule is COC(=O)c1ccccc1NS(=O)(=O)c1ccc2c(c1)sc(=O)n2Cc1ccccc1Cl. The standard InChI is InChI=1S/C22H17ClN2O5S2/c1-30-21(26)16-7-3-5-9-18(16)24-32(28,29)15-10-11-19-20(12-15)31-22(27)25(19)13-14-6-2-4-8-17(14)23/h2-12,24H,13H2,1H3. The van der Waals surface area contributed by atoms with Crippen LogP contribution in [0.1, 0.15) is 15.9 Å². The second-order valence-corrected chi connectivity index (χ2v) is 9.90. The number of fused-ring (bicyclic) bond motifs is 1. The lowest BCUT2D eigenvalue weighted by atomic mass is 10.2. The van der Waals surface area contributed by atoms with Gasteiger partial charge in [-0.3, -0.25) is 14.1 Å². The Bertz CT molecular complexity index is 1490. The predicted molar refractivity (Wildman–Crippen MR) is 125 cm³/mol. The summed E-state index contributed by atoms with van der Waals surface area (Å²) in [6.45, 7) is 0.273. The Balaban J connectivity index is 1.70. The van der Waals surface area contributed by atoms with E-state index in [9.17, 15) is 18.0 Å². The summed E-state index contributed by atoms with van der Waals surface area (Å²) in [4.78, 5) is 24.3. The van der Waals surface area contributed by atoms with Crippen molar-refractivity contribution in [3.63, 3.8) is 0 Å². The maximum Gasteiger partial charge on any atom is 0.339 e. The summed E-state index contributed by atoms with van der Waals surface area (Å²) in [5.74, 6) is -0.659. The maximum absolute atomic E-state index is 13.0. The Morgan fingerprint density at radius 2 is 1.81 bits per heavy atom. The normalized spacial score (nSPS) is 11.4. The molecule has 0 aliphatic rings. The van der Waals surface area contributed by atoms with E-state index in [2.05, 4.69) is 4.72 Å². The van der Waals surface area contributed by atoms with Crippen molar-refractivity contribution in [3.8, 4) is 0 Å². The minimum Gasteiger partial charge on any atom is -0.465 e. The number of anilines is 1. The minimum atomic E-state index is -4.02. The fourth-order valence-electron chi connectivity index (χ4n) is 3.22. The molecular formula is C22H17ClN2O5S2. The van der Waals surface area contributed by atoms with Gasteiger partial charge >= 0.3 is 10.8 Å². The zero-order valence-electron chi connectivity index (χ0n) is 16.7. The molecule has 0 saturated carbocycles. The molecule has 3 aromatic carbocycles. The molecule has 0 spiro atoms. The predicted octanol–water partition coefficient (Wildman–Crippen LogP) is 4.35. The Morgan fingerprint density at radius 3 is 2.56 bits per heavy atom. The highest BCUT2D eigenvalue weighted by molar-refractivity contribution is 7.92. The zero-order chi connectivity index (χ0) is 22.9. The van der Waals surface area contributed by atoms with Crippen LogP contribution in [0.15, 0.2) is 76.4 Å². The van der Waals surface area contributed by atoms with Crippen molar-refractivity contribution in [1.29, 1.82) is 0 Å². The topological polar surface area (TPSA) is 94.5 Å². The number of nitrogens with one attached hydrogen (secondary N) is 1. The van der Waals surface area contributed by atoms with Crippen molar-refractivity contribution in [2.45, 2.75) is 11.4 Å². The highest BCUT2D eigenvalue weighted by atomic mass is 35.5. The third-order valence-electron chi connectivity index (χ3n) is 4.81. The monoisotopic (exact) mass is 488 g/mol. The van der Waals surface area contributed by atoms with E-state index in [1.807, 2.05) is 18.2 Å². The van der Waals surface area contributed by atoms with E-state index < -0.39 is 16.0 Å². The van der Waals surface area contributed by atoms with Gasteiger partial charge in [0.2, 0.25) is 0 Å². The molecule has 4 aromatic rings. The molecule has 0 aliphatic carbocycles. The minimum absolute atomic E-state index is 0.0317. The molecule has 164 valence electrons. The number of benzene rings is 3. The smallest absolute Gasteiger partial charge is 0.339 e. The summed E-state index contributed by atoms with van der Waals surface area (Å²) >= 11 is 7.17. The first-order valence-electron chi connectivity index (χ1n) is 9.37. The molecule has 0 unspecified atom stereocenters. The molecule has 0 aliphatic heterocycles. The van der Waals surface area contributed by atoms with E-state index in [0.29, 0.717) is 15.2 Å². The maximum atomic E-state index is 13.0. The molecule has 10 heteroatoms. The summed E-state index contributed by atoms with van der Waals surface area (Å²) < 4.78 is 35.2. The molecule has 4 rings (SSSR count). The van der Waals surface area contributed by atoms with Crippen molar-refractivity contribution in [1.82, 2.24) is 4.57 Å². The lowest BCUT2D eigenvalue weighted by Gasteiger charge is -2.12. The molecule has 7 nitrogen and oxygen atoms in total. The quantitative estimate of drug-likeness (QED) is 0.407. The van der Waals surface area contributed by atoms with Crippen LogP contribution in [0, 0.1) is 0 Å². The number of hydrogen-bond acceptors (Lipinski definition) is 6. The first kappa shape index (κ1) is 22.1. The average Bonchev–Trinajstić information content (AvgIpc) is 3.09. The number of aromatic nitrogens is 1. The van der Waals surface area contributed by atoms with Gasteiger partial charge in [0.1, 0.15) is 0 Å². The van der Waals surface area contributed by atoms with Crippen LogP contribution in [-0.4, -0.2) is 26.1 Å². The summed E-state index contributed by atoms with van der Waals surface area (Å²) in [6, 6.07) is 17.8. The van der Waals surface area contributed by atoms with E-state index in [-0.39, 0.29) is 27.6 Å². The Hall–Kier alpha value is -3.14. The molecular weight excluding hydrogens is 472 g/mol. The molecule has 0 fully saturated rings. The number of methoxy groups -OCH3 is 1. The van der Waals surface area contributed by atoms with Gasteiger partial charge in [0, 0.05) is 5.02 Å². The number of carbonyl (C=O) groups excluding carboxylic acids is 1. The van der Waals surface area contributed by atoms with Gasteiger partial charge in [0.25, 0.3) is 10.0 Å². The summed E-state index contributed by atoms with van der Waals surface area (Å²) in [6.07, 6.45) is 0. The number of ether oxygens (including phenoxy) is 1. The van der Waals surface area contributed by atoms with Crippen molar-refractivity contribution in [2.75, 3.05) is 11.8 Å². The lowest BCUT2D eigenvalue weighted by molar-refractivity contribution is 0.0602. The number of hydrogen-bond donors (Lipinski definition) is 1. The summed E-state index contributed by atoms with van der Waals surface area (Å²) in [5.41, 5.74) is 1.58. The molecule has 1 aromatic heterocycles. The van der Waals surface area contributed by atoms with Crippen LogP contribution in [0.3, 0.4) is 0 Å². The van der Waals surface area contributed by atoms with Crippen LogP contribution in [0.5, 0.6) is 0 Å². The summed E-state index contributed by atoms with van der Waals surface area (Å²) in [5, 5.41) is 0.548. The first-order chi connectivity index (χ1) is 15.3. The second kappa shape index (κ2) is 8.78. The van der Waals surface area contributed by atoms with E-state index in [1.165, 1.54) is 31.4 Å². The van der Waals surface area contributed by atoms with E-state index in [0.717, 1.165) is 16.9 Å². The third-order valence-corrected chi connectivity index (χ3v) is 7.49. The number of sulfonamides is 1. The largest absolute Gasteiger partial charge is 0.465 e. The van der Waals surface area contributed by atoms with Crippen molar-refractivity contribution in [3.05, 3.63) is 92.5 Å². The van der Waals surface area contributed by atoms with Gasteiger partial charge in [0.05, 0.1) is 40.0 Å². The molecule has 1 N–H and O–H groups in total. The van der Waals surface area contributed by atoms with Gasteiger partial charge in [0.15, 0.2) is 0 Å². The van der Waals surface area contributed by atoms with Gasteiger partial charge in [-0.15, -0.1) is 0 Å². The lowest BCUT2D eigenvalue weighted by Crippen LogP contribution is -2.16. The Morgan fingerprint density at radius 1 is 1.09 bits per heavy atom. The molecule has 0 atom stereocenters. The van der Waals surface area contributed by atoms with Crippen LogP contribution in [0.4, 0.5) is 5.69 Å². The second-order valence-electron chi connectivity index (χ2n) is 6.82. The zero-order valence-corrected chi connectivity index (χ0v) is 19.1. The van der Waals surface area contributed by atoms with Crippen LogP contribution in [-0.2, 0) is 21.3 Å². The molecule has 0 bridgehead atoms. The van der Waals surface area contributed by atoms with E-state index >= 15 is 0 Å². The number of rotatable bonds is 6. The van der Waals surface area contributed by atoms with Gasteiger partial charge in [-0.25, -0.2) is 13.2 Å². The van der Waals surface area contributed by atoms with Crippen molar-refractivity contribution in [2.24, 2.45) is 0 Å². The van der Waals surface area contributed by atoms with E-state index in [1.54, 1.807) is 28.8 Å². The highest BCUT2D eigenvalue weighted by Gasteiger charge is 2.20. The van der Waals surface area contributed by atoms with Crippen LogP contribution < -0.4 is 9.60 Å². The average molecular weight is 489 g/mol. The number of para-hydroxylation sites is 1.